The van der Waals surface area contributed by atoms with Crippen molar-refractivity contribution in [2.75, 3.05) is 13.6 Å². The molecule has 25 heavy (non-hydrogen) atoms. The number of carbonyl (C=O) groups excluding carboxylic acids is 1. The molecule has 6 heteroatoms. The molecule has 0 aliphatic rings. The van der Waals surface area contributed by atoms with Crippen molar-refractivity contribution in [1.29, 1.82) is 0 Å². The largest absolute Gasteiger partial charge is 0.457 e. The van der Waals surface area contributed by atoms with E-state index in [0.717, 1.165) is 6.54 Å². The molecule has 0 atom stereocenters. The van der Waals surface area contributed by atoms with Gasteiger partial charge in [-0.3, -0.25) is 0 Å². The fourth-order valence-corrected chi connectivity index (χ4v) is 2.07. The zero-order valence-electron chi connectivity index (χ0n) is 14.4. The van der Waals surface area contributed by atoms with Gasteiger partial charge in [-0.25, -0.2) is 18.6 Å². The van der Waals surface area contributed by atoms with Crippen LogP contribution in [-0.2, 0) is 11.3 Å². The standard InChI is InChI=1S/C19H20F2N2O2/c1-4-23(3)12-22-17-10-9-15(13(2)18(17)21)19(24)25-11-14-7-5-6-8-16(14)20/h5-10,12H,4,11H2,1-3H3. The van der Waals surface area contributed by atoms with Gasteiger partial charge in [0.15, 0.2) is 5.82 Å². The van der Waals surface area contributed by atoms with Crippen LogP contribution in [0.2, 0.25) is 0 Å². The van der Waals surface area contributed by atoms with Gasteiger partial charge in [0, 0.05) is 24.7 Å². The SMILES string of the molecule is CCN(C)C=Nc1ccc(C(=O)OCc2ccccc2F)c(C)c1F. The average Bonchev–Trinajstić information content (AvgIpc) is 2.61. The Labute approximate surface area is 145 Å². The van der Waals surface area contributed by atoms with E-state index in [1.165, 1.54) is 37.5 Å². The summed E-state index contributed by atoms with van der Waals surface area (Å²) < 4.78 is 33.0. The maximum absolute atomic E-state index is 14.4. The smallest absolute Gasteiger partial charge is 0.338 e. The minimum absolute atomic E-state index is 0.0941. The van der Waals surface area contributed by atoms with Crippen LogP contribution in [0.25, 0.3) is 0 Å². The van der Waals surface area contributed by atoms with Crippen LogP contribution in [0.15, 0.2) is 41.4 Å². The summed E-state index contributed by atoms with van der Waals surface area (Å²) in [5, 5.41) is 0. The van der Waals surface area contributed by atoms with Crippen LogP contribution >= 0.6 is 0 Å². The number of nitrogens with zero attached hydrogens (tertiary/aromatic N) is 2. The molecular weight excluding hydrogens is 326 g/mol. The summed E-state index contributed by atoms with van der Waals surface area (Å²) in [6, 6.07) is 8.89. The van der Waals surface area contributed by atoms with Gasteiger partial charge in [-0.2, -0.15) is 0 Å². The second-order valence-electron chi connectivity index (χ2n) is 5.56. The lowest BCUT2D eigenvalue weighted by molar-refractivity contribution is 0.0467. The van der Waals surface area contributed by atoms with Gasteiger partial charge in [0.2, 0.25) is 0 Å². The van der Waals surface area contributed by atoms with Gasteiger partial charge in [0.1, 0.15) is 18.1 Å². The molecule has 2 aromatic rings. The molecule has 2 rings (SSSR count). The van der Waals surface area contributed by atoms with Crippen molar-refractivity contribution >= 4 is 18.0 Å². The summed E-state index contributed by atoms with van der Waals surface area (Å²) in [5.41, 5.74) is 0.644. The lowest BCUT2D eigenvalue weighted by Crippen LogP contribution is -2.14. The zero-order valence-corrected chi connectivity index (χ0v) is 14.4. The number of ether oxygens (including phenoxy) is 1. The highest BCUT2D eigenvalue weighted by atomic mass is 19.1. The predicted octanol–water partition coefficient (Wildman–Crippen LogP) is 4.24. The lowest BCUT2D eigenvalue weighted by Gasteiger charge is -2.11. The number of hydrogen-bond acceptors (Lipinski definition) is 3. The van der Waals surface area contributed by atoms with Crippen molar-refractivity contribution in [3.8, 4) is 0 Å². The first-order valence-corrected chi connectivity index (χ1v) is 7.88. The lowest BCUT2D eigenvalue weighted by atomic mass is 10.1. The number of esters is 1. The van der Waals surface area contributed by atoms with E-state index in [2.05, 4.69) is 4.99 Å². The summed E-state index contributed by atoms with van der Waals surface area (Å²) in [5.74, 6) is -1.75. The van der Waals surface area contributed by atoms with Gasteiger partial charge < -0.3 is 9.64 Å². The molecule has 2 aromatic carbocycles. The summed E-state index contributed by atoms with van der Waals surface area (Å²) in [6.45, 7) is 3.96. The molecule has 0 aliphatic heterocycles. The average molecular weight is 346 g/mol. The second-order valence-corrected chi connectivity index (χ2v) is 5.56. The van der Waals surface area contributed by atoms with E-state index in [-0.39, 0.29) is 29.0 Å². The van der Waals surface area contributed by atoms with E-state index in [0.29, 0.717) is 0 Å². The highest BCUT2D eigenvalue weighted by Crippen LogP contribution is 2.24. The third-order valence-corrected chi connectivity index (χ3v) is 3.80. The number of rotatable bonds is 6. The minimum atomic E-state index is -0.708. The van der Waals surface area contributed by atoms with Gasteiger partial charge in [0.25, 0.3) is 0 Å². The first-order chi connectivity index (χ1) is 11.9. The Hall–Kier alpha value is -2.76. The Kier molecular flexibility index (Phi) is 6.22. The van der Waals surface area contributed by atoms with E-state index in [1.54, 1.807) is 17.0 Å². The van der Waals surface area contributed by atoms with Gasteiger partial charge >= 0.3 is 5.97 Å². The molecule has 0 fully saturated rings. The normalized spacial score (nSPS) is 10.9. The molecule has 0 saturated heterocycles. The molecule has 132 valence electrons. The van der Waals surface area contributed by atoms with Crippen molar-refractivity contribution < 1.29 is 18.3 Å². The van der Waals surface area contributed by atoms with Crippen LogP contribution in [0.1, 0.15) is 28.4 Å². The summed E-state index contributed by atoms with van der Waals surface area (Å²) in [6.07, 6.45) is 1.52. The summed E-state index contributed by atoms with van der Waals surface area (Å²) >= 11 is 0. The number of hydrogen-bond donors (Lipinski definition) is 0. The maximum atomic E-state index is 14.4. The van der Waals surface area contributed by atoms with E-state index in [1.807, 2.05) is 14.0 Å². The Morgan fingerprint density at radius 2 is 1.96 bits per heavy atom. The molecule has 0 N–H and O–H groups in total. The van der Waals surface area contributed by atoms with Crippen LogP contribution < -0.4 is 0 Å². The Morgan fingerprint density at radius 1 is 1.24 bits per heavy atom. The van der Waals surface area contributed by atoms with Crippen molar-refractivity contribution in [2.45, 2.75) is 20.5 Å². The van der Waals surface area contributed by atoms with Gasteiger partial charge in [-0.05, 0) is 32.0 Å². The molecule has 0 aromatic heterocycles. The zero-order chi connectivity index (χ0) is 18.4. The fourth-order valence-electron chi connectivity index (χ4n) is 2.07. The quantitative estimate of drug-likeness (QED) is 0.446. The van der Waals surface area contributed by atoms with E-state index >= 15 is 0 Å². The van der Waals surface area contributed by atoms with Gasteiger partial charge in [0.05, 0.1) is 11.9 Å². The fraction of sp³-hybridized carbons (Fsp3) is 0.263. The molecule has 0 aliphatic carbocycles. The van der Waals surface area contributed by atoms with Gasteiger partial charge in [-0.1, -0.05) is 18.2 Å². The van der Waals surface area contributed by atoms with Crippen LogP contribution in [0.3, 0.4) is 0 Å². The first-order valence-electron chi connectivity index (χ1n) is 7.88. The van der Waals surface area contributed by atoms with Crippen LogP contribution in [-0.4, -0.2) is 30.8 Å². The van der Waals surface area contributed by atoms with Crippen molar-refractivity contribution in [2.24, 2.45) is 4.99 Å². The molecular formula is C19H20F2N2O2. The Balaban J connectivity index is 2.14. The number of aliphatic imine (C=N–C) groups is 1. The predicted molar refractivity (Wildman–Crippen MR) is 93.1 cm³/mol. The molecule has 0 spiro atoms. The molecule has 0 saturated carbocycles. The monoisotopic (exact) mass is 346 g/mol. The minimum Gasteiger partial charge on any atom is -0.457 e. The van der Waals surface area contributed by atoms with Crippen LogP contribution in [0.5, 0.6) is 0 Å². The highest BCUT2D eigenvalue weighted by molar-refractivity contribution is 5.91. The third-order valence-electron chi connectivity index (χ3n) is 3.80. The number of benzene rings is 2. The van der Waals surface area contributed by atoms with Crippen LogP contribution in [0, 0.1) is 18.6 Å². The molecule has 0 amide bonds. The van der Waals surface area contributed by atoms with E-state index in [4.69, 9.17) is 4.74 Å². The molecule has 4 nitrogen and oxygen atoms in total. The third kappa shape index (κ3) is 4.62. The molecule has 0 unspecified atom stereocenters. The van der Waals surface area contributed by atoms with Crippen LogP contribution in [0.4, 0.5) is 14.5 Å². The van der Waals surface area contributed by atoms with Crippen molar-refractivity contribution in [1.82, 2.24) is 4.90 Å². The Bertz CT molecular complexity index is 791. The molecule has 0 heterocycles. The van der Waals surface area contributed by atoms with Crippen molar-refractivity contribution in [3.05, 3.63) is 64.7 Å². The number of halogens is 2. The summed E-state index contributed by atoms with van der Waals surface area (Å²) in [7, 11) is 1.82. The molecule has 0 bridgehead atoms. The highest BCUT2D eigenvalue weighted by Gasteiger charge is 2.17. The number of carbonyl (C=O) groups is 1. The van der Waals surface area contributed by atoms with E-state index < -0.39 is 17.6 Å². The van der Waals surface area contributed by atoms with E-state index in [9.17, 15) is 13.6 Å². The molecule has 0 radical (unpaired) electrons. The van der Waals surface area contributed by atoms with Crippen molar-refractivity contribution in [3.63, 3.8) is 0 Å². The Morgan fingerprint density at radius 3 is 2.64 bits per heavy atom. The topological polar surface area (TPSA) is 41.9 Å². The van der Waals surface area contributed by atoms with Gasteiger partial charge in [-0.15, -0.1) is 0 Å². The first kappa shape index (κ1) is 18.6. The summed E-state index contributed by atoms with van der Waals surface area (Å²) in [4.78, 5) is 18.0. The maximum Gasteiger partial charge on any atom is 0.338 e. The second kappa shape index (κ2) is 8.37.